The highest BCUT2D eigenvalue weighted by Crippen LogP contribution is 2.10. The van der Waals surface area contributed by atoms with Gasteiger partial charge in [-0.25, -0.2) is 0 Å². The van der Waals surface area contributed by atoms with Crippen LogP contribution in [-0.2, 0) is 21.4 Å². The smallest absolute Gasteiger partial charge is 0.304 e. The van der Waals surface area contributed by atoms with Crippen molar-refractivity contribution in [1.82, 2.24) is 9.03 Å². The highest BCUT2D eigenvalue weighted by atomic mass is 32.2. The monoisotopic (exact) mass is 314 g/mol. The fourth-order valence-electron chi connectivity index (χ4n) is 1.93. The van der Waals surface area contributed by atoms with Crippen molar-refractivity contribution >= 4 is 16.2 Å². The maximum Gasteiger partial charge on any atom is 0.304 e. The number of carbonyl (C=O) groups is 1. The minimum absolute atomic E-state index is 0.0538. The fraction of sp³-hybridized carbons (Fsp3) is 0.500. The Morgan fingerprint density at radius 2 is 2.00 bits per heavy atom. The largest absolute Gasteiger partial charge is 0.481 e. The first-order valence-corrected chi connectivity index (χ1v) is 8.16. The van der Waals surface area contributed by atoms with Gasteiger partial charge in [-0.3, -0.25) is 4.79 Å². The summed E-state index contributed by atoms with van der Waals surface area (Å²) in [4.78, 5) is 10.5. The maximum absolute atomic E-state index is 12.1. The Labute approximate surface area is 126 Å². The summed E-state index contributed by atoms with van der Waals surface area (Å²) in [5.74, 6) is -1.02. The van der Waals surface area contributed by atoms with Gasteiger partial charge in [0, 0.05) is 19.6 Å². The van der Waals surface area contributed by atoms with Crippen molar-refractivity contribution in [1.29, 1.82) is 0 Å². The van der Waals surface area contributed by atoms with Crippen molar-refractivity contribution in [2.75, 3.05) is 13.6 Å². The van der Waals surface area contributed by atoms with E-state index >= 15 is 0 Å². The van der Waals surface area contributed by atoms with Crippen molar-refractivity contribution in [3.05, 3.63) is 35.4 Å². The van der Waals surface area contributed by atoms with Crippen LogP contribution in [0.4, 0.5) is 0 Å². The molecule has 1 aromatic rings. The molecule has 2 N–H and O–H groups in total. The summed E-state index contributed by atoms with van der Waals surface area (Å²) in [7, 11) is -2.30. The van der Waals surface area contributed by atoms with Gasteiger partial charge in [0.1, 0.15) is 0 Å². The van der Waals surface area contributed by atoms with Gasteiger partial charge >= 0.3 is 5.97 Å². The molecule has 1 rings (SSSR count). The first kappa shape index (κ1) is 17.6. The lowest BCUT2D eigenvalue weighted by atomic mass is 10.0. The minimum atomic E-state index is -3.67. The van der Waals surface area contributed by atoms with Gasteiger partial charge in [-0.05, 0) is 31.4 Å². The molecule has 0 bridgehead atoms. The topological polar surface area (TPSA) is 86.7 Å². The van der Waals surface area contributed by atoms with Crippen molar-refractivity contribution in [3.8, 4) is 0 Å². The second kappa shape index (κ2) is 7.53. The lowest BCUT2D eigenvalue weighted by Crippen LogP contribution is -2.44. The Balaban J connectivity index is 2.62. The van der Waals surface area contributed by atoms with Gasteiger partial charge < -0.3 is 5.11 Å². The molecule has 1 unspecified atom stereocenters. The lowest BCUT2D eigenvalue weighted by molar-refractivity contribution is -0.137. The normalized spacial score (nSPS) is 13.3. The number of hydrogen-bond acceptors (Lipinski definition) is 3. The van der Waals surface area contributed by atoms with E-state index in [1.54, 1.807) is 6.92 Å². The van der Waals surface area contributed by atoms with Crippen molar-refractivity contribution < 1.29 is 18.3 Å². The number of rotatable bonds is 8. The second-order valence-corrected chi connectivity index (χ2v) is 6.93. The summed E-state index contributed by atoms with van der Waals surface area (Å²) in [5, 5.41) is 8.59. The van der Waals surface area contributed by atoms with E-state index in [0.29, 0.717) is 6.42 Å². The Kier molecular flexibility index (Phi) is 6.32. The Bertz CT molecular complexity index is 586. The standard InChI is InChI=1S/C14H22N2O4S/c1-11-6-4-5-7-13(11)10-12(2)15-21(19,20)16(3)9-8-14(17)18/h4-7,12,15H,8-10H2,1-3H3,(H,17,18). The van der Waals surface area contributed by atoms with Gasteiger partial charge in [0.2, 0.25) is 0 Å². The van der Waals surface area contributed by atoms with Crippen LogP contribution in [0.15, 0.2) is 24.3 Å². The number of aliphatic carboxylic acids is 1. The molecule has 1 aromatic carbocycles. The number of carboxylic acid groups (broad SMARTS) is 1. The quantitative estimate of drug-likeness (QED) is 0.754. The van der Waals surface area contributed by atoms with Gasteiger partial charge in [0.05, 0.1) is 6.42 Å². The van der Waals surface area contributed by atoms with Crippen LogP contribution in [-0.4, -0.2) is 43.4 Å². The van der Waals surface area contributed by atoms with E-state index in [4.69, 9.17) is 5.11 Å². The van der Waals surface area contributed by atoms with Gasteiger partial charge in [-0.15, -0.1) is 0 Å². The van der Waals surface area contributed by atoms with E-state index in [0.717, 1.165) is 15.4 Å². The van der Waals surface area contributed by atoms with Crippen LogP contribution in [0.1, 0.15) is 24.5 Å². The summed E-state index contributed by atoms with van der Waals surface area (Å²) in [6, 6.07) is 7.53. The van der Waals surface area contributed by atoms with Gasteiger partial charge in [-0.1, -0.05) is 24.3 Å². The minimum Gasteiger partial charge on any atom is -0.481 e. The maximum atomic E-state index is 12.1. The van der Waals surface area contributed by atoms with E-state index in [1.807, 2.05) is 31.2 Å². The predicted octanol–water partition coefficient (Wildman–Crippen LogP) is 1.17. The van der Waals surface area contributed by atoms with Gasteiger partial charge in [0.15, 0.2) is 0 Å². The molecule has 0 saturated heterocycles. The zero-order chi connectivity index (χ0) is 16.0. The van der Waals surface area contributed by atoms with E-state index < -0.39 is 16.2 Å². The number of nitrogens with one attached hydrogen (secondary N) is 1. The highest BCUT2D eigenvalue weighted by molar-refractivity contribution is 7.87. The Morgan fingerprint density at radius 3 is 2.57 bits per heavy atom. The van der Waals surface area contributed by atoms with Crippen LogP contribution in [0.25, 0.3) is 0 Å². The second-order valence-electron chi connectivity index (χ2n) is 5.12. The zero-order valence-electron chi connectivity index (χ0n) is 12.5. The van der Waals surface area contributed by atoms with Gasteiger partial charge in [-0.2, -0.15) is 17.4 Å². The van der Waals surface area contributed by atoms with E-state index in [9.17, 15) is 13.2 Å². The molecular formula is C14H22N2O4S. The van der Waals surface area contributed by atoms with E-state index in [1.165, 1.54) is 7.05 Å². The Hall–Kier alpha value is -1.44. The third-order valence-electron chi connectivity index (χ3n) is 3.19. The molecule has 0 heterocycles. The number of benzene rings is 1. The highest BCUT2D eigenvalue weighted by Gasteiger charge is 2.21. The van der Waals surface area contributed by atoms with Crippen LogP contribution in [0.5, 0.6) is 0 Å². The molecule has 0 aromatic heterocycles. The predicted molar refractivity (Wildman–Crippen MR) is 81.3 cm³/mol. The molecule has 6 nitrogen and oxygen atoms in total. The average molecular weight is 314 g/mol. The third-order valence-corrected chi connectivity index (χ3v) is 4.89. The number of hydrogen-bond donors (Lipinski definition) is 2. The zero-order valence-corrected chi connectivity index (χ0v) is 13.4. The van der Waals surface area contributed by atoms with E-state index in [2.05, 4.69) is 4.72 Å². The molecular weight excluding hydrogens is 292 g/mol. The number of aryl methyl sites for hydroxylation is 1. The number of carboxylic acids is 1. The number of nitrogens with zero attached hydrogens (tertiary/aromatic N) is 1. The van der Waals surface area contributed by atoms with Crippen LogP contribution in [0.3, 0.4) is 0 Å². The molecule has 118 valence electrons. The van der Waals surface area contributed by atoms with Crippen molar-refractivity contribution in [2.24, 2.45) is 0 Å². The molecule has 0 spiro atoms. The average Bonchev–Trinajstić information content (AvgIpc) is 2.37. The summed E-state index contributed by atoms with van der Waals surface area (Å²) >= 11 is 0. The SMILES string of the molecule is Cc1ccccc1CC(C)NS(=O)(=O)N(C)CCC(=O)O. The van der Waals surface area contributed by atoms with Gasteiger partial charge in [0.25, 0.3) is 10.2 Å². The molecule has 0 amide bonds. The summed E-state index contributed by atoms with van der Waals surface area (Å²) in [5.41, 5.74) is 2.20. The molecule has 0 radical (unpaired) electrons. The third kappa shape index (κ3) is 5.82. The van der Waals surface area contributed by atoms with Crippen LogP contribution >= 0.6 is 0 Å². The first-order chi connectivity index (χ1) is 9.72. The molecule has 0 aliphatic heterocycles. The first-order valence-electron chi connectivity index (χ1n) is 6.72. The van der Waals surface area contributed by atoms with Crippen LogP contribution in [0, 0.1) is 6.92 Å². The molecule has 0 saturated carbocycles. The molecule has 0 aliphatic carbocycles. The summed E-state index contributed by atoms with van der Waals surface area (Å²) < 4.78 is 27.7. The van der Waals surface area contributed by atoms with Crippen molar-refractivity contribution in [3.63, 3.8) is 0 Å². The molecule has 0 fully saturated rings. The molecule has 0 aliphatic rings. The summed E-state index contributed by atoms with van der Waals surface area (Å²) in [6.45, 7) is 3.71. The molecule has 21 heavy (non-hydrogen) atoms. The lowest BCUT2D eigenvalue weighted by Gasteiger charge is -2.21. The van der Waals surface area contributed by atoms with Crippen LogP contribution < -0.4 is 4.72 Å². The van der Waals surface area contributed by atoms with E-state index in [-0.39, 0.29) is 19.0 Å². The molecule has 7 heteroatoms. The Morgan fingerprint density at radius 1 is 1.38 bits per heavy atom. The molecule has 1 atom stereocenters. The fourth-order valence-corrected chi connectivity index (χ4v) is 3.03. The van der Waals surface area contributed by atoms with Crippen LogP contribution in [0.2, 0.25) is 0 Å². The van der Waals surface area contributed by atoms with Crippen molar-refractivity contribution in [2.45, 2.75) is 32.7 Å². The summed E-state index contributed by atoms with van der Waals surface area (Å²) in [6.07, 6.45) is 0.363.